The molecule has 0 N–H and O–H groups in total. The Morgan fingerprint density at radius 2 is 1.79 bits per heavy atom. The highest BCUT2D eigenvalue weighted by Crippen LogP contribution is 2.33. The Labute approximate surface area is 193 Å². The average Bonchev–Trinajstić information content (AvgIpc) is 3.03. The number of anilines is 1. The third-order valence-electron chi connectivity index (χ3n) is 6.61. The van der Waals surface area contributed by atoms with Crippen molar-refractivity contribution < 1.29 is 9.53 Å². The number of pyridine rings is 1. The smallest absolute Gasteiger partial charge is 0.410 e. The van der Waals surface area contributed by atoms with E-state index in [4.69, 9.17) is 9.72 Å². The Morgan fingerprint density at radius 3 is 2.45 bits per heavy atom. The number of nitrogens with zero attached hydrogens (tertiary/aromatic N) is 5. The van der Waals surface area contributed by atoms with Crippen LogP contribution < -0.4 is 15.3 Å². The number of piperazine rings is 1. The molecule has 3 saturated heterocycles. The minimum Gasteiger partial charge on any atom is -0.410 e. The molecule has 2 atom stereocenters. The first-order valence-electron chi connectivity index (χ1n) is 11.6. The molecule has 0 radical (unpaired) electrons. The lowest BCUT2D eigenvalue weighted by molar-refractivity contribution is 0.0854. The molecule has 2 unspecified atom stereocenters. The van der Waals surface area contributed by atoms with Crippen LogP contribution in [0, 0.1) is 5.41 Å². The van der Waals surface area contributed by atoms with E-state index in [1.54, 1.807) is 23.7 Å². The van der Waals surface area contributed by atoms with Gasteiger partial charge in [-0.25, -0.2) is 14.6 Å². The zero-order valence-corrected chi connectivity index (χ0v) is 19.7. The van der Waals surface area contributed by atoms with E-state index in [-0.39, 0.29) is 29.3 Å². The number of aryl methyl sites for hydroxylation is 1. The summed E-state index contributed by atoms with van der Waals surface area (Å²) in [5.74, 6) is 1.42. The molecule has 0 saturated carbocycles. The van der Waals surface area contributed by atoms with Gasteiger partial charge in [-0.3, -0.25) is 9.13 Å². The van der Waals surface area contributed by atoms with E-state index in [0.29, 0.717) is 31.0 Å². The summed E-state index contributed by atoms with van der Waals surface area (Å²) < 4.78 is 9.04. The van der Waals surface area contributed by atoms with E-state index in [0.717, 1.165) is 24.2 Å². The van der Waals surface area contributed by atoms with Crippen molar-refractivity contribution in [2.24, 2.45) is 12.5 Å². The molecule has 3 aliphatic rings. The number of piperidine rings is 2. The van der Waals surface area contributed by atoms with Crippen LogP contribution in [0.4, 0.5) is 10.6 Å². The summed E-state index contributed by atoms with van der Waals surface area (Å²) in [4.78, 5) is 34.7. The first kappa shape index (κ1) is 21.6. The maximum atomic E-state index is 12.9. The van der Waals surface area contributed by atoms with Crippen LogP contribution in [0.3, 0.4) is 0 Å². The highest BCUT2D eigenvalue weighted by molar-refractivity contribution is 5.75. The van der Waals surface area contributed by atoms with Crippen molar-refractivity contribution in [1.29, 1.82) is 0 Å². The summed E-state index contributed by atoms with van der Waals surface area (Å²) in [5, 5.41) is 0. The normalized spacial score (nSPS) is 20.5. The van der Waals surface area contributed by atoms with Crippen LogP contribution in [0.2, 0.25) is 0 Å². The Kier molecular flexibility index (Phi) is 5.18. The standard InChI is InChI=1S/C25H31N5O3/c1-25(2,3)16-30-20-12-13-21(26-22(20)27(4)23(30)31)28-14-18-11-10-17(28)15-29(18)24(32)33-19-8-6-5-7-9-19/h5-9,12-13,17-18H,10-11,14-16H2,1-4H3. The van der Waals surface area contributed by atoms with Gasteiger partial charge in [-0.15, -0.1) is 0 Å². The molecule has 2 bridgehead atoms. The molecule has 8 heteroatoms. The van der Waals surface area contributed by atoms with Crippen molar-refractivity contribution >= 4 is 23.1 Å². The summed E-state index contributed by atoms with van der Waals surface area (Å²) in [6.45, 7) is 8.33. The number of aromatic nitrogens is 3. The molecule has 0 spiro atoms. The number of amides is 1. The number of hydrogen-bond donors (Lipinski definition) is 0. The highest BCUT2D eigenvalue weighted by atomic mass is 16.6. The molecule has 1 aromatic carbocycles. The summed E-state index contributed by atoms with van der Waals surface area (Å²) in [5.41, 5.74) is 1.50. The van der Waals surface area contributed by atoms with Gasteiger partial charge in [0.2, 0.25) is 0 Å². The molecule has 6 rings (SSSR count). The molecule has 0 aliphatic carbocycles. The van der Waals surface area contributed by atoms with Crippen molar-refractivity contribution in [2.45, 2.75) is 52.2 Å². The van der Waals surface area contributed by atoms with E-state index in [2.05, 4.69) is 25.7 Å². The van der Waals surface area contributed by atoms with Gasteiger partial charge >= 0.3 is 11.8 Å². The van der Waals surface area contributed by atoms with Crippen molar-refractivity contribution in [3.05, 3.63) is 52.9 Å². The lowest BCUT2D eigenvalue weighted by Crippen LogP contribution is -2.64. The lowest BCUT2D eigenvalue weighted by atomic mass is 9.91. The predicted molar refractivity (Wildman–Crippen MR) is 128 cm³/mol. The minimum atomic E-state index is -0.291. The van der Waals surface area contributed by atoms with Gasteiger partial charge in [0.25, 0.3) is 0 Å². The summed E-state index contributed by atoms with van der Waals surface area (Å²) in [7, 11) is 1.78. The van der Waals surface area contributed by atoms with Gasteiger partial charge in [0.15, 0.2) is 5.65 Å². The molecule has 3 aliphatic heterocycles. The molecule has 5 heterocycles. The molecular weight excluding hydrogens is 418 g/mol. The molecule has 3 aromatic rings. The summed E-state index contributed by atoms with van der Waals surface area (Å²) in [6.07, 6.45) is 1.66. The van der Waals surface area contributed by atoms with Crippen molar-refractivity contribution in [3.8, 4) is 5.75 Å². The van der Waals surface area contributed by atoms with E-state index >= 15 is 0 Å². The number of rotatable bonds is 3. The lowest BCUT2D eigenvalue weighted by Gasteiger charge is -2.51. The van der Waals surface area contributed by atoms with E-state index in [1.807, 2.05) is 39.8 Å². The van der Waals surface area contributed by atoms with E-state index < -0.39 is 0 Å². The van der Waals surface area contributed by atoms with Gasteiger partial charge in [-0.1, -0.05) is 39.0 Å². The highest BCUT2D eigenvalue weighted by Gasteiger charge is 2.42. The topological polar surface area (TPSA) is 72.6 Å². The van der Waals surface area contributed by atoms with Gasteiger partial charge in [0.1, 0.15) is 11.6 Å². The van der Waals surface area contributed by atoms with Crippen molar-refractivity contribution in [1.82, 2.24) is 19.0 Å². The fourth-order valence-electron chi connectivity index (χ4n) is 5.03. The number of para-hydroxylation sites is 1. The fraction of sp³-hybridized carbons (Fsp3) is 0.480. The quantitative estimate of drug-likeness (QED) is 0.611. The second-order valence-corrected chi connectivity index (χ2v) is 10.4. The zero-order valence-electron chi connectivity index (χ0n) is 19.7. The van der Waals surface area contributed by atoms with Gasteiger partial charge in [0, 0.05) is 32.7 Å². The molecule has 2 aromatic heterocycles. The fourth-order valence-corrected chi connectivity index (χ4v) is 5.03. The largest absolute Gasteiger partial charge is 0.415 e. The van der Waals surface area contributed by atoms with Crippen LogP contribution in [0.1, 0.15) is 33.6 Å². The number of carbonyl (C=O) groups excluding carboxylic acids is 1. The maximum absolute atomic E-state index is 12.9. The average molecular weight is 450 g/mol. The van der Waals surface area contributed by atoms with Gasteiger partial charge in [-0.05, 0) is 42.5 Å². The van der Waals surface area contributed by atoms with Crippen LogP contribution >= 0.6 is 0 Å². The summed E-state index contributed by atoms with van der Waals surface area (Å²) in [6, 6.07) is 13.5. The molecular formula is C25H31N5O3. The predicted octanol–water partition coefficient (Wildman–Crippen LogP) is 3.63. The first-order chi connectivity index (χ1) is 15.7. The third-order valence-corrected chi connectivity index (χ3v) is 6.61. The number of imidazole rings is 1. The molecule has 1 amide bonds. The van der Waals surface area contributed by atoms with Crippen LogP contribution in [0.25, 0.3) is 11.2 Å². The van der Waals surface area contributed by atoms with Crippen molar-refractivity contribution in [2.75, 3.05) is 18.0 Å². The van der Waals surface area contributed by atoms with E-state index in [9.17, 15) is 9.59 Å². The van der Waals surface area contributed by atoms with E-state index in [1.165, 1.54) is 0 Å². The van der Waals surface area contributed by atoms with Crippen LogP contribution in [-0.2, 0) is 13.6 Å². The first-order valence-corrected chi connectivity index (χ1v) is 11.6. The Hall–Kier alpha value is -3.29. The third kappa shape index (κ3) is 3.98. The van der Waals surface area contributed by atoms with Gasteiger partial charge in [-0.2, -0.15) is 0 Å². The molecule has 174 valence electrons. The minimum absolute atomic E-state index is 0.0133. The molecule has 3 fully saturated rings. The van der Waals surface area contributed by atoms with Crippen LogP contribution in [-0.4, -0.2) is 50.3 Å². The van der Waals surface area contributed by atoms with Crippen LogP contribution in [0.15, 0.2) is 47.3 Å². The van der Waals surface area contributed by atoms with Crippen LogP contribution in [0.5, 0.6) is 5.75 Å². The summed E-state index contributed by atoms with van der Waals surface area (Å²) >= 11 is 0. The van der Waals surface area contributed by atoms with Gasteiger partial charge < -0.3 is 14.5 Å². The number of benzene rings is 1. The number of ether oxygens (including phenoxy) is 1. The van der Waals surface area contributed by atoms with Gasteiger partial charge in [0.05, 0.1) is 11.6 Å². The second-order valence-electron chi connectivity index (χ2n) is 10.4. The molecule has 33 heavy (non-hydrogen) atoms. The zero-order chi connectivity index (χ0) is 23.3. The maximum Gasteiger partial charge on any atom is 0.415 e. The second kappa shape index (κ2) is 7.93. The monoisotopic (exact) mass is 449 g/mol. The molecule has 8 nitrogen and oxygen atoms in total. The Bertz CT molecular complexity index is 1240. The Balaban J connectivity index is 1.38. The SMILES string of the molecule is Cn1c(=O)n(CC(C)(C)C)c2ccc(N3CC4CCC3CN4C(=O)Oc3ccccc3)nc21. The Morgan fingerprint density at radius 1 is 1.06 bits per heavy atom. The number of fused-ring (bicyclic) bond motifs is 4. The van der Waals surface area contributed by atoms with Crippen molar-refractivity contribution in [3.63, 3.8) is 0 Å². The number of carbonyl (C=O) groups is 1. The number of hydrogen-bond acceptors (Lipinski definition) is 5.